The van der Waals surface area contributed by atoms with Gasteiger partial charge in [-0.15, -0.1) is 0 Å². The Labute approximate surface area is 119 Å². The van der Waals surface area contributed by atoms with E-state index in [2.05, 4.69) is 5.32 Å². The van der Waals surface area contributed by atoms with Crippen molar-refractivity contribution < 1.29 is 18.3 Å². The molecule has 0 aromatic heterocycles. The monoisotopic (exact) mass is 299 g/mol. The third-order valence-electron chi connectivity index (χ3n) is 3.02. The minimum atomic E-state index is -3.23. The lowest BCUT2D eigenvalue weighted by Crippen LogP contribution is -2.24. The molecule has 0 saturated carbocycles. The molecule has 1 amide bonds. The Morgan fingerprint density at radius 2 is 1.90 bits per heavy atom. The van der Waals surface area contributed by atoms with Crippen molar-refractivity contribution in [2.45, 2.75) is 24.7 Å². The maximum absolute atomic E-state index is 11.8. The van der Waals surface area contributed by atoms with Gasteiger partial charge in [-0.3, -0.25) is 4.79 Å². The van der Waals surface area contributed by atoms with E-state index in [1.165, 1.54) is 24.3 Å². The highest BCUT2D eigenvalue weighted by molar-refractivity contribution is 7.90. The number of benzene rings is 1. The average molecular weight is 299 g/mol. The summed E-state index contributed by atoms with van der Waals surface area (Å²) in [7, 11) is -3.23. The summed E-state index contributed by atoms with van der Waals surface area (Å²) in [5, 5.41) is 11.6. The zero-order valence-corrected chi connectivity index (χ0v) is 12.6. The van der Waals surface area contributed by atoms with Crippen molar-refractivity contribution in [3.05, 3.63) is 29.8 Å². The predicted molar refractivity (Wildman–Crippen MR) is 77.4 cm³/mol. The van der Waals surface area contributed by atoms with Crippen molar-refractivity contribution in [2.24, 2.45) is 5.92 Å². The standard InChI is InChI=1S/C14H21NO4S/c1-11(10-16)4-3-9-15-14(17)12-5-7-13(8-6-12)20(2,18)19/h5-8,11,16H,3-4,9-10H2,1-2H3,(H,15,17). The number of carbonyl (C=O) groups is 1. The molecule has 1 aromatic carbocycles. The van der Waals surface area contributed by atoms with Crippen LogP contribution in [-0.4, -0.2) is 38.8 Å². The summed E-state index contributed by atoms with van der Waals surface area (Å²) in [5.74, 6) is 0.0163. The van der Waals surface area contributed by atoms with E-state index in [-0.39, 0.29) is 23.3 Å². The van der Waals surface area contributed by atoms with Gasteiger partial charge in [0.1, 0.15) is 0 Å². The van der Waals surface area contributed by atoms with Crippen LogP contribution in [0.3, 0.4) is 0 Å². The number of carbonyl (C=O) groups excluding carboxylic acids is 1. The smallest absolute Gasteiger partial charge is 0.251 e. The second-order valence-electron chi connectivity index (χ2n) is 4.98. The number of aliphatic hydroxyl groups is 1. The molecule has 1 unspecified atom stereocenters. The van der Waals surface area contributed by atoms with E-state index in [9.17, 15) is 13.2 Å². The number of rotatable bonds is 7. The lowest BCUT2D eigenvalue weighted by Gasteiger charge is -2.08. The largest absolute Gasteiger partial charge is 0.396 e. The third-order valence-corrected chi connectivity index (χ3v) is 4.14. The molecule has 0 spiro atoms. The van der Waals surface area contributed by atoms with Crippen LogP contribution in [0.1, 0.15) is 30.1 Å². The Bertz CT molecular complexity index is 537. The van der Waals surface area contributed by atoms with Crippen LogP contribution in [0, 0.1) is 5.92 Å². The van der Waals surface area contributed by atoms with Gasteiger partial charge in [0.05, 0.1) is 4.90 Å². The van der Waals surface area contributed by atoms with Gasteiger partial charge in [0.15, 0.2) is 9.84 Å². The topological polar surface area (TPSA) is 83.5 Å². The summed E-state index contributed by atoms with van der Waals surface area (Å²) in [6, 6.07) is 5.86. The number of amides is 1. The van der Waals surface area contributed by atoms with E-state index in [1.54, 1.807) is 0 Å². The first kappa shape index (κ1) is 16.7. The van der Waals surface area contributed by atoms with E-state index in [1.807, 2.05) is 6.92 Å². The molecule has 1 aromatic rings. The van der Waals surface area contributed by atoms with Crippen molar-refractivity contribution >= 4 is 15.7 Å². The minimum Gasteiger partial charge on any atom is -0.396 e. The lowest BCUT2D eigenvalue weighted by molar-refractivity contribution is 0.0952. The fraction of sp³-hybridized carbons (Fsp3) is 0.500. The fourth-order valence-corrected chi connectivity index (χ4v) is 2.33. The highest BCUT2D eigenvalue weighted by Gasteiger charge is 2.09. The van der Waals surface area contributed by atoms with Gasteiger partial charge in [-0.05, 0) is 43.0 Å². The molecule has 20 heavy (non-hydrogen) atoms. The molecule has 0 saturated heterocycles. The van der Waals surface area contributed by atoms with Crippen molar-refractivity contribution in [1.82, 2.24) is 5.32 Å². The molecule has 5 nitrogen and oxygen atoms in total. The van der Waals surface area contributed by atoms with E-state index in [0.717, 1.165) is 19.1 Å². The van der Waals surface area contributed by atoms with Gasteiger partial charge < -0.3 is 10.4 Å². The number of sulfone groups is 1. The molecule has 6 heteroatoms. The summed E-state index contributed by atoms with van der Waals surface area (Å²) < 4.78 is 22.6. The van der Waals surface area contributed by atoms with Gasteiger partial charge in [0.25, 0.3) is 5.91 Å². The average Bonchev–Trinajstić information content (AvgIpc) is 2.42. The van der Waals surface area contributed by atoms with Crippen LogP contribution in [0.15, 0.2) is 29.2 Å². The van der Waals surface area contributed by atoms with Gasteiger partial charge >= 0.3 is 0 Å². The minimum absolute atomic E-state index is 0.154. The van der Waals surface area contributed by atoms with Crippen LogP contribution in [-0.2, 0) is 9.84 Å². The molecule has 112 valence electrons. The van der Waals surface area contributed by atoms with Crippen LogP contribution >= 0.6 is 0 Å². The molecule has 1 rings (SSSR count). The Hall–Kier alpha value is -1.40. The second kappa shape index (κ2) is 7.40. The molecule has 0 bridgehead atoms. The van der Waals surface area contributed by atoms with E-state index < -0.39 is 9.84 Å². The highest BCUT2D eigenvalue weighted by atomic mass is 32.2. The first-order valence-electron chi connectivity index (χ1n) is 6.53. The van der Waals surface area contributed by atoms with Gasteiger partial charge in [-0.25, -0.2) is 8.42 Å². The second-order valence-corrected chi connectivity index (χ2v) is 7.00. The first-order chi connectivity index (χ1) is 9.34. The molecule has 0 aliphatic heterocycles. The lowest BCUT2D eigenvalue weighted by atomic mass is 10.1. The van der Waals surface area contributed by atoms with Crippen LogP contribution in [0.4, 0.5) is 0 Å². The quantitative estimate of drug-likeness (QED) is 0.742. The SMILES string of the molecule is CC(CO)CCCNC(=O)c1ccc(S(C)(=O)=O)cc1. The van der Waals surface area contributed by atoms with Gasteiger partial charge in [-0.2, -0.15) is 0 Å². The Morgan fingerprint density at radius 3 is 2.40 bits per heavy atom. The normalized spacial score (nSPS) is 12.9. The number of aliphatic hydroxyl groups excluding tert-OH is 1. The van der Waals surface area contributed by atoms with Crippen LogP contribution in [0.2, 0.25) is 0 Å². The summed E-state index contributed by atoms with van der Waals surface area (Å²) in [6.07, 6.45) is 2.78. The maximum atomic E-state index is 11.8. The van der Waals surface area contributed by atoms with Crippen molar-refractivity contribution in [3.63, 3.8) is 0 Å². The van der Waals surface area contributed by atoms with Crippen LogP contribution < -0.4 is 5.32 Å². The number of hydrogen-bond donors (Lipinski definition) is 2. The van der Waals surface area contributed by atoms with Crippen LogP contribution in [0.25, 0.3) is 0 Å². The third kappa shape index (κ3) is 5.30. The van der Waals surface area contributed by atoms with Gasteiger partial charge in [-0.1, -0.05) is 6.92 Å². The molecular weight excluding hydrogens is 278 g/mol. The molecular formula is C14H21NO4S. The summed E-state index contributed by atoms with van der Waals surface area (Å²) >= 11 is 0. The molecule has 0 fully saturated rings. The first-order valence-corrected chi connectivity index (χ1v) is 8.43. The van der Waals surface area contributed by atoms with E-state index in [4.69, 9.17) is 5.11 Å². The molecule has 0 radical (unpaired) electrons. The Balaban J connectivity index is 2.48. The van der Waals surface area contributed by atoms with E-state index in [0.29, 0.717) is 12.1 Å². The zero-order chi connectivity index (χ0) is 15.2. The highest BCUT2D eigenvalue weighted by Crippen LogP contribution is 2.10. The van der Waals surface area contributed by atoms with Crippen LogP contribution in [0.5, 0.6) is 0 Å². The summed E-state index contributed by atoms with van der Waals surface area (Å²) in [6.45, 7) is 2.64. The molecule has 0 heterocycles. The van der Waals surface area contributed by atoms with Crippen molar-refractivity contribution in [2.75, 3.05) is 19.4 Å². The Kier molecular flexibility index (Phi) is 6.16. The fourth-order valence-electron chi connectivity index (χ4n) is 1.70. The zero-order valence-electron chi connectivity index (χ0n) is 11.8. The molecule has 1 atom stereocenters. The summed E-state index contributed by atoms with van der Waals surface area (Å²) in [5.41, 5.74) is 0.438. The number of hydrogen-bond acceptors (Lipinski definition) is 4. The molecule has 0 aliphatic rings. The maximum Gasteiger partial charge on any atom is 0.251 e. The van der Waals surface area contributed by atoms with Crippen molar-refractivity contribution in [1.29, 1.82) is 0 Å². The van der Waals surface area contributed by atoms with Gasteiger partial charge in [0, 0.05) is 25.0 Å². The van der Waals surface area contributed by atoms with Gasteiger partial charge in [0.2, 0.25) is 0 Å². The number of nitrogens with one attached hydrogen (secondary N) is 1. The Morgan fingerprint density at radius 1 is 1.30 bits per heavy atom. The summed E-state index contributed by atoms with van der Waals surface area (Å²) in [4.78, 5) is 12.0. The molecule has 0 aliphatic carbocycles. The molecule has 2 N–H and O–H groups in total. The van der Waals surface area contributed by atoms with E-state index >= 15 is 0 Å². The predicted octanol–water partition coefficient (Wildman–Crippen LogP) is 1.23. The van der Waals surface area contributed by atoms with Crippen molar-refractivity contribution in [3.8, 4) is 0 Å².